The minimum Gasteiger partial charge on any atom is -0.321 e. The van der Waals surface area contributed by atoms with Crippen LogP contribution in [0.15, 0.2) is 83.4 Å². The molecule has 1 N–H and O–H groups in total. The van der Waals surface area contributed by atoms with Gasteiger partial charge in [0.05, 0.1) is 15.3 Å². The van der Waals surface area contributed by atoms with Gasteiger partial charge in [0.25, 0.3) is 5.91 Å². The van der Waals surface area contributed by atoms with Crippen LogP contribution in [0.3, 0.4) is 0 Å². The number of amides is 2. The van der Waals surface area contributed by atoms with Crippen LogP contribution in [0.5, 0.6) is 0 Å². The molecule has 3 aromatic rings. The molecule has 0 unspecified atom stereocenters. The molecule has 0 radical (unpaired) electrons. The summed E-state index contributed by atoms with van der Waals surface area (Å²) >= 11 is 19.5. The van der Waals surface area contributed by atoms with Crippen LogP contribution in [-0.4, -0.2) is 17.1 Å². The van der Waals surface area contributed by atoms with Crippen molar-refractivity contribution >= 4 is 69.8 Å². The van der Waals surface area contributed by atoms with Crippen LogP contribution in [-0.2, 0) is 16.0 Å². The van der Waals surface area contributed by atoms with Crippen molar-refractivity contribution in [3.8, 4) is 6.07 Å². The summed E-state index contributed by atoms with van der Waals surface area (Å²) in [6, 6.07) is 22.8. The molecular weight excluding hydrogens is 513 g/mol. The second-order valence-electron chi connectivity index (χ2n) is 7.29. The van der Waals surface area contributed by atoms with Crippen LogP contribution >= 0.6 is 46.6 Å². The average molecular weight is 529 g/mol. The van der Waals surface area contributed by atoms with Gasteiger partial charge in [-0.05, 0) is 48.4 Å². The number of carbonyl (C=O) groups excluding carboxylic acids is 2. The Morgan fingerprint density at radius 3 is 2.35 bits per heavy atom. The summed E-state index contributed by atoms with van der Waals surface area (Å²) in [6.07, 6.45) is 0.350. The molecule has 4 rings (SSSR count). The van der Waals surface area contributed by atoms with Crippen LogP contribution in [0.4, 0.5) is 11.4 Å². The van der Waals surface area contributed by atoms with E-state index in [4.69, 9.17) is 34.8 Å². The molecule has 1 aliphatic rings. The molecule has 1 saturated heterocycles. The van der Waals surface area contributed by atoms with Gasteiger partial charge in [0.15, 0.2) is 0 Å². The SMILES string of the molecule is N#C/C(C(=O)Nc1ccc(Cl)c(Cl)c1)=C1/S[C@H](Cc2ccccc2Cl)C(=O)N1c1ccccc1. The van der Waals surface area contributed by atoms with Crippen molar-refractivity contribution in [2.75, 3.05) is 10.2 Å². The van der Waals surface area contributed by atoms with Crippen LogP contribution in [0.1, 0.15) is 5.56 Å². The number of hydrogen-bond donors (Lipinski definition) is 1. The fraction of sp³-hybridized carbons (Fsp3) is 0.0800. The summed E-state index contributed by atoms with van der Waals surface area (Å²) < 4.78 is 0. The van der Waals surface area contributed by atoms with Gasteiger partial charge in [-0.1, -0.05) is 83.0 Å². The smallest absolute Gasteiger partial charge is 0.269 e. The van der Waals surface area contributed by atoms with E-state index in [0.29, 0.717) is 27.8 Å². The number of carbonyl (C=O) groups is 2. The lowest BCUT2D eigenvalue weighted by molar-refractivity contribution is -0.117. The van der Waals surface area contributed by atoms with Crippen LogP contribution in [0, 0.1) is 11.3 Å². The molecule has 0 aromatic heterocycles. The summed E-state index contributed by atoms with van der Waals surface area (Å²) in [5.41, 5.74) is 1.56. The van der Waals surface area contributed by atoms with E-state index in [-0.39, 0.29) is 21.5 Å². The van der Waals surface area contributed by atoms with Gasteiger partial charge in [0.1, 0.15) is 16.7 Å². The third-order valence-corrected chi connectivity index (χ3v) is 7.43. The first-order chi connectivity index (χ1) is 16.4. The molecule has 2 amide bonds. The zero-order valence-corrected chi connectivity index (χ0v) is 20.6. The van der Waals surface area contributed by atoms with Crippen LogP contribution in [0.2, 0.25) is 15.1 Å². The molecule has 3 aromatic carbocycles. The van der Waals surface area contributed by atoms with Gasteiger partial charge in [-0.3, -0.25) is 14.5 Å². The monoisotopic (exact) mass is 527 g/mol. The highest BCUT2D eigenvalue weighted by Crippen LogP contribution is 2.42. The third kappa shape index (κ3) is 5.08. The fourth-order valence-corrected chi connectivity index (χ4v) is 5.24. The zero-order valence-electron chi connectivity index (χ0n) is 17.5. The summed E-state index contributed by atoms with van der Waals surface area (Å²) in [4.78, 5) is 28.0. The lowest BCUT2D eigenvalue weighted by atomic mass is 10.1. The van der Waals surface area contributed by atoms with Gasteiger partial charge in [0, 0.05) is 16.4 Å². The van der Waals surface area contributed by atoms with E-state index in [1.165, 1.54) is 22.7 Å². The number of para-hydroxylation sites is 1. The number of nitrogens with one attached hydrogen (secondary N) is 1. The molecule has 0 saturated carbocycles. The molecular formula is C25H16Cl3N3O2S. The molecule has 9 heteroatoms. The minimum absolute atomic E-state index is 0.185. The maximum Gasteiger partial charge on any atom is 0.269 e. The average Bonchev–Trinajstić information content (AvgIpc) is 3.14. The van der Waals surface area contributed by atoms with E-state index in [1.54, 1.807) is 42.5 Å². The predicted molar refractivity (Wildman–Crippen MR) is 138 cm³/mol. The quantitative estimate of drug-likeness (QED) is 0.295. The van der Waals surface area contributed by atoms with Crippen LogP contribution < -0.4 is 10.2 Å². The number of benzene rings is 3. The summed E-state index contributed by atoms with van der Waals surface area (Å²) in [7, 11) is 0. The standard InChI is InChI=1S/C25H16Cl3N3O2S/c26-19-9-5-4-6-15(19)12-22-24(33)31(17-7-2-1-3-8-17)25(34-22)18(14-29)23(32)30-16-10-11-20(27)21(28)13-16/h1-11,13,22H,12H2,(H,30,32)/b25-18-/t22-/m1/s1. The Morgan fingerprint density at radius 2 is 1.68 bits per heavy atom. The first-order valence-corrected chi connectivity index (χ1v) is 12.1. The van der Waals surface area contributed by atoms with E-state index in [1.807, 2.05) is 30.3 Å². The Hall–Kier alpha value is -2.95. The van der Waals surface area contributed by atoms with E-state index < -0.39 is 11.2 Å². The fourth-order valence-electron chi connectivity index (χ4n) is 3.43. The molecule has 1 heterocycles. The Kier molecular flexibility index (Phi) is 7.50. The first kappa shape index (κ1) is 24.2. The molecule has 170 valence electrons. The van der Waals surface area contributed by atoms with Gasteiger partial charge >= 0.3 is 0 Å². The number of halogens is 3. The van der Waals surface area contributed by atoms with Gasteiger partial charge < -0.3 is 5.32 Å². The van der Waals surface area contributed by atoms with Crippen molar-refractivity contribution in [2.24, 2.45) is 0 Å². The summed E-state index contributed by atoms with van der Waals surface area (Å²) in [5.74, 6) is -0.892. The molecule has 0 bridgehead atoms. The summed E-state index contributed by atoms with van der Waals surface area (Å²) in [6.45, 7) is 0. The number of hydrogen-bond acceptors (Lipinski definition) is 4. The normalized spacial score (nSPS) is 16.8. The molecule has 34 heavy (non-hydrogen) atoms. The van der Waals surface area contributed by atoms with Crippen molar-refractivity contribution in [3.05, 3.63) is 104 Å². The summed E-state index contributed by atoms with van der Waals surface area (Å²) in [5, 5.41) is 13.4. The van der Waals surface area contributed by atoms with Gasteiger partial charge in [-0.2, -0.15) is 5.26 Å². The van der Waals surface area contributed by atoms with Gasteiger partial charge in [-0.25, -0.2) is 0 Å². The van der Waals surface area contributed by atoms with Gasteiger partial charge in [-0.15, -0.1) is 0 Å². The van der Waals surface area contributed by atoms with Crippen LogP contribution in [0.25, 0.3) is 0 Å². The lowest BCUT2D eigenvalue weighted by Crippen LogP contribution is -2.30. The first-order valence-electron chi connectivity index (χ1n) is 10.1. The van der Waals surface area contributed by atoms with Crippen molar-refractivity contribution in [2.45, 2.75) is 11.7 Å². The molecule has 0 spiro atoms. The largest absolute Gasteiger partial charge is 0.321 e. The molecule has 5 nitrogen and oxygen atoms in total. The second-order valence-corrected chi connectivity index (χ2v) is 9.70. The van der Waals surface area contributed by atoms with E-state index in [0.717, 1.165) is 5.56 Å². The maximum absolute atomic E-state index is 13.5. The predicted octanol–water partition coefficient (Wildman–Crippen LogP) is 6.71. The Balaban J connectivity index is 1.72. The Labute approximate surface area is 215 Å². The van der Waals surface area contributed by atoms with E-state index >= 15 is 0 Å². The van der Waals surface area contributed by atoms with Crippen molar-refractivity contribution in [1.29, 1.82) is 5.26 Å². The topological polar surface area (TPSA) is 73.2 Å². The number of thioether (sulfide) groups is 1. The number of rotatable bonds is 5. The number of nitrogens with zero attached hydrogens (tertiary/aromatic N) is 2. The highest BCUT2D eigenvalue weighted by Gasteiger charge is 2.41. The minimum atomic E-state index is -0.657. The third-order valence-electron chi connectivity index (χ3n) is 5.06. The molecule has 1 atom stereocenters. The molecule has 0 aliphatic carbocycles. The number of nitriles is 1. The van der Waals surface area contributed by atoms with Gasteiger partial charge in [0.2, 0.25) is 5.91 Å². The maximum atomic E-state index is 13.5. The number of anilines is 2. The van der Waals surface area contributed by atoms with E-state index in [2.05, 4.69) is 5.32 Å². The molecule has 1 fully saturated rings. The van der Waals surface area contributed by atoms with E-state index in [9.17, 15) is 14.9 Å². The lowest BCUT2D eigenvalue weighted by Gasteiger charge is -2.18. The zero-order chi connectivity index (χ0) is 24.2. The highest BCUT2D eigenvalue weighted by molar-refractivity contribution is 8.05. The van der Waals surface area contributed by atoms with Crippen molar-refractivity contribution < 1.29 is 9.59 Å². The Bertz CT molecular complexity index is 1340. The Morgan fingerprint density at radius 1 is 0.971 bits per heavy atom. The second kappa shape index (κ2) is 10.5. The molecule has 1 aliphatic heterocycles. The highest BCUT2D eigenvalue weighted by atomic mass is 35.5. The van der Waals surface area contributed by atoms with Crippen molar-refractivity contribution in [3.63, 3.8) is 0 Å². The van der Waals surface area contributed by atoms with Crippen molar-refractivity contribution in [1.82, 2.24) is 0 Å².